The van der Waals surface area contributed by atoms with E-state index in [0.717, 1.165) is 20.2 Å². The first-order valence-corrected chi connectivity index (χ1v) is 8.75. The molecule has 21 heavy (non-hydrogen) atoms. The molecule has 112 valence electrons. The third-order valence-electron chi connectivity index (χ3n) is 2.63. The Morgan fingerprint density at radius 1 is 1.38 bits per heavy atom. The molecule has 0 radical (unpaired) electrons. The van der Waals surface area contributed by atoms with Crippen molar-refractivity contribution in [3.05, 3.63) is 27.9 Å². The number of hydrogen-bond acceptors (Lipinski definition) is 6. The third kappa shape index (κ3) is 3.84. The Bertz CT molecular complexity index is 629. The molecule has 0 saturated heterocycles. The van der Waals surface area contributed by atoms with Gasteiger partial charge in [0.15, 0.2) is 11.5 Å². The van der Waals surface area contributed by atoms with Gasteiger partial charge in [-0.05, 0) is 35.7 Å². The van der Waals surface area contributed by atoms with Gasteiger partial charge in [-0.25, -0.2) is 4.99 Å². The molecule has 0 spiro atoms. The minimum absolute atomic E-state index is 0.0491. The Hall–Kier alpha value is -0.920. The summed E-state index contributed by atoms with van der Waals surface area (Å²) in [5.41, 5.74) is 1.17. The molecule has 0 bridgehead atoms. The second-order valence-corrected chi connectivity index (χ2v) is 7.35. The van der Waals surface area contributed by atoms with Gasteiger partial charge in [0.2, 0.25) is 5.12 Å². The Labute approximate surface area is 140 Å². The lowest BCUT2D eigenvalue weighted by molar-refractivity contribution is -0.107. The fourth-order valence-corrected chi connectivity index (χ4v) is 3.98. The van der Waals surface area contributed by atoms with Gasteiger partial charge in [0, 0.05) is 10.0 Å². The number of nitrogens with zero attached hydrogens (tertiary/aromatic N) is 1. The van der Waals surface area contributed by atoms with Gasteiger partial charge in [0.25, 0.3) is 0 Å². The molecule has 0 atom stereocenters. The molecule has 1 aromatic carbocycles. The number of halogens is 1. The first kappa shape index (κ1) is 16.5. The monoisotopic (exact) mass is 387 g/mol. The molecule has 1 aliphatic rings. The highest BCUT2D eigenvalue weighted by atomic mass is 79.9. The van der Waals surface area contributed by atoms with Crippen molar-refractivity contribution < 1.29 is 14.3 Å². The van der Waals surface area contributed by atoms with Gasteiger partial charge in [-0.3, -0.25) is 4.79 Å². The summed E-state index contributed by atoms with van der Waals surface area (Å²) < 4.78 is 12.3. The number of ether oxygens (including phenoxy) is 2. The van der Waals surface area contributed by atoms with E-state index in [1.54, 1.807) is 32.1 Å². The van der Waals surface area contributed by atoms with Crippen molar-refractivity contribution in [2.75, 3.05) is 20.0 Å². The van der Waals surface area contributed by atoms with Crippen LogP contribution >= 0.6 is 39.5 Å². The first-order chi connectivity index (χ1) is 10.1. The second-order valence-electron chi connectivity index (χ2n) is 3.96. The highest BCUT2D eigenvalue weighted by Gasteiger charge is 2.23. The van der Waals surface area contributed by atoms with E-state index in [9.17, 15) is 4.79 Å². The maximum Gasteiger partial charge on any atom is 0.244 e. The summed E-state index contributed by atoms with van der Waals surface area (Å²) in [5.74, 6) is 2.07. The third-order valence-corrected chi connectivity index (χ3v) is 4.98. The zero-order valence-electron chi connectivity index (χ0n) is 11.8. The molecule has 0 saturated carbocycles. The molecule has 1 aromatic rings. The average Bonchev–Trinajstić information content (AvgIpc) is 2.78. The Morgan fingerprint density at radius 2 is 2.14 bits per heavy atom. The van der Waals surface area contributed by atoms with E-state index in [1.165, 1.54) is 11.8 Å². The van der Waals surface area contributed by atoms with Crippen LogP contribution in [0.1, 0.15) is 12.5 Å². The molecular weight excluding hydrogens is 374 g/mol. The van der Waals surface area contributed by atoms with E-state index in [1.807, 2.05) is 19.1 Å². The molecule has 0 N–H and O–H groups in total. The molecule has 0 amide bonds. The van der Waals surface area contributed by atoms with Crippen LogP contribution in [0.5, 0.6) is 11.5 Å². The SMILES string of the molecule is CCSC1=N/C(=C/c2cc(Br)cc(OC)c2OC)C(=O)S1. The lowest BCUT2D eigenvalue weighted by atomic mass is 10.1. The van der Waals surface area contributed by atoms with Crippen molar-refractivity contribution in [3.63, 3.8) is 0 Å². The van der Waals surface area contributed by atoms with Crippen LogP contribution in [-0.2, 0) is 4.79 Å². The van der Waals surface area contributed by atoms with E-state index in [0.29, 0.717) is 17.2 Å². The van der Waals surface area contributed by atoms with Crippen LogP contribution < -0.4 is 9.47 Å². The summed E-state index contributed by atoms with van der Waals surface area (Å²) in [6.45, 7) is 2.03. The maximum atomic E-state index is 12.0. The molecular formula is C14H14BrNO3S2. The molecule has 0 aromatic heterocycles. The average molecular weight is 388 g/mol. The summed E-state index contributed by atoms with van der Waals surface area (Å²) in [5, 5.41) is -0.0491. The lowest BCUT2D eigenvalue weighted by Gasteiger charge is -2.11. The summed E-state index contributed by atoms with van der Waals surface area (Å²) in [6, 6.07) is 3.68. The molecule has 1 heterocycles. The summed E-state index contributed by atoms with van der Waals surface area (Å²) in [7, 11) is 3.15. The molecule has 0 unspecified atom stereocenters. The smallest absolute Gasteiger partial charge is 0.244 e. The van der Waals surface area contributed by atoms with Gasteiger partial charge >= 0.3 is 0 Å². The van der Waals surface area contributed by atoms with Crippen LogP contribution in [0.2, 0.25) is 0 Å². The number of rotatable bonds is 4. The van der Waals surface area contributed by atoms with Gasteiger partial charge in [0.1, 0.15) is 10.1 Å². The van der Waals surface area contributed by atoms with Crippen LogP contribution in [0, 0.1) is 0 Å². The number of methoxy groups -OCH3 is 2. The minimum Gasteiger partial charge on any atom is -0.493 e. The number of benzene rings is 1. The van der Waals surface area contributed by atoms with Crippen LogP contribution in [0.3, 0.4) is 0 Å². The first-order valence-electron chi connectivity index (χ1n) is 6.16. The van der Waals surface area contributed by atoms with Gasteiger partial charge in [-0.1, -0.05) is 34.6 Å². The van der Waals surface area contributed by atoms with Crippen LogP contribution in [0.25, 0.3) is 6.08 Å². The highest BCUT2D eigenvalue weighted by Crippen LogP contribution is 2.38. The van der Waals surface area contributed by atoms with Crippen LogP contribution in [0.15, 0.2) is 27.3 Å². The fraction of sp³-hybridized carbons (Fsp3) is 0.286. The normalized spacial score (nSPS) is 16.3. The fourth-order valence-electron chi connectivity index (χ4n) is 1.79. The van der Waals surface area contributed by atoms with E-state index in [-0.39, 0.29) is 5.12 Å². The number of carbonyl (C=O) groups excluding carboxylic acids is 1. The summed E-state index contributed by atoms with van der Waals surface area (Å²) in [4.78, 5) is 16.3. The zero-order chi connectivity index (χ0) is 15.4. The molecule has 1 aliphatic heterocycles. The van der Waals surface area contributed by atoms with E-state index < -0.39 is 0 Å². The molecule has 0 aliphatic carbocycles. The quantitative estimate of drug-likeness (QED) is 0.724. The molecule has 0 fully saturated rings. The number of hydrogen-bond donors (Lipinski definition) is 0. The Balaban J connectivity index is 2.45. The predicted molar refractivity (Wildman–Crippen MR) is 93.4 cm³/mol. The number of aliphatic imine (C=N–C) groups is 1. The van der Waals surface area contributed by atoms with Gasteiger partial charge in [-0.15, -0.1) is 0 Å². The van der Waals surface area contributed by atoms with Gasteiger partial charge < -0.3 is 9.47 Å². The van der Waals surface area contributed by atoms with Crippen molar-refractivity contribution in [1.82, 2.24) is 0 Å². The van der Waals surface area contributed by atoms with Crippen molar-refractivity contribution in [2.24, 2.45) is 4.99 Å². The van der Waals surface area contributed by atoms with Gasteiger partial charge in [-0.2, -0.15) is 0 Å². The Kier molecular flexibility index (Phi) is 5.78. The van der Waals surface area contributed by atoms with Gasteiger partial charge in [0.05, 0.1) is 14.2 Å². The molecule has 4 nitrogen and oxygen atoms in total. The predicted octanol–water partition coefficient (Wildman–Crippen LogP) is 4.19. The topological polar surface area (TPSA) is 47.9 Å². The number of thioether (sulfide) groups is 2. The Morgan fingerprint density at radius 3 is 2.76 bits per heavy atom. The lowest BCUT2D eigenvalue weighted by Crippen LogP contribution is -1.95. The minimum atomic E-state index is -0.0491. The van der Waals surface area contributed by atoms with Crippen molar-refractivity contribution >= 4 is 55.0 Å². The molecule has 2 rings (SSSR count). The maximum absolute atomic E-state index is 12.0. The van der Waals surface area contributed by atoms with Crippen molar-refractivity contribution in [2.45, 2.75) is 6.92 Å². The number of carbonyl (C=O) groups is 1. The van der Waals surface area contributed by atoms with Crippen molar-refractivity contribution in [3.8, 4) is 11.5 Å². The highest BCUT2D eigenvalue weighted by molar-refractivity contribution is 9.10. The standard InChI is InChI=1S/C14H14BrNO3S2/c1-4-20-14-16-10(13(17)21-14)6-8-5-9(15)7-11(18-2)12(8)19-3/h5-7H,4H2,1-3H3/b10-6+. The summed E-state index contributed by atoms with van der Waals surface area (Å²) >= 11 is 6.15. The van der Waals surface area contributed by atoms with E-state index in [4.69, 9.17) is 9.47 Å². The van der Waals surface area contributed by atoms with Crippen LogP contribution in [0.4, 0.5) is 0 Å². The molecule has 7 heteroatoms. The van der Waals surface area contributed by atoms with Crippen molar-refractivity contribution in [1.29, 1.82) is 0 Å². The summed E-state index contributed by atoms with van der Waals surface area (Å²) in [6.07, 6.45) is 1.73. The van der Waals surface area contributed by atoms with Crippen LogP contribution in [-0.4, -0.2) is 29.5 Å². The van der Waals surface area contributed by atoms with E-state index in [2.05, 4.69) is 20.9 Å². The largest absolute Gasteiger partial charge is 0.493 e. The van der Waals surface area contributed by atoms with E-state index >= 15 is 0 Å². The zero-order valence-corrected chi connectivity index (χ0v) is 15.0. The second kappa shape index (κ2) is 7.38.